The van der Waals surface area contributed by atoms with Crippen LogP contribution in [0.3, 0.4) is 0 Å². The van der Waals surface area contributed by atoms with E-state index in [0.717, 1.165) is 44.5 Å². The van der Waals surface area contributed by atoms with Gasteiger partial charge in [0, 0.05) is 37.3 Å². The van der Waals surface area contributed by atoms with Crippen molar-refractivity contribution in [1.82, 2.24) is 19.6 Å². The Balaban J connectivity index is 1.52. The number of hydrogen-bond donors (Lipinski definition) is 2. The van der Waals surface area contributed by atoms with Crippen LogP contribution in [0.1, 0.15) is 44.3 Å². The minimum atomic E-state index is -3.48. The third-order valence-electron chi connectivity index (χ3n) is 4.96. The Hall–Kier alpha value is -0.920. The molecule has 2 saturated heterocycles. The lowest BCUT2D eigenvalue weighted by Gasteiger charge is -2.29. The van der Waals surface area contributed by atoms with E-state index in [4.69, 9.17) is 0 Å². The second-order valence-electron chi connectivity index (χ2n) is 6.57. The standard InChI is InChI=1S/C14H22N4O2S/c19-21(20,14-9-18-6-2-1-3-13(18)16-14)17-12-7-10-4-5-11(8-12)15-10/h9-12,15,17H,1-8H2. The van der Waals surface area contributed by atoms with Crippen LogP contribution in [0.25, 0.3) is 0 Å². The molecule has 3 aliphatic heterocycles. The molecule has 0 aliphatic carbocycles. The van der Waals surface area contributed by atoms with Gasteiger partial charge in [0.05, 0.1) is 0 Å². The lowest BCUT2D eigenvalue weighted by Crippen LogP contribution is -2.47. The van der Waals surface area contributed by atoms with Crippen LogP contribution in [0.2, 0.25) is 0 Å². The summed E-state index contributed by atoms with van der Waals surface area (Å²) in [5.74, 6) is 0.909. The lowest BCUT2D eigenvalue weighted by atomic mass is 10.0. The maximum Gasteiger partial charge on any atom is 0.259 e. The minimum absolute atomic E-state index is 0.0486. The summed E-state index contributed by atoms with van der Waals surface area (Å²) in [6, 6.07) is 1.01. The SMILES string of the molecule is O=S(=O)(NC1CC2CCC(C1)N2)c1cn2c(n1)CCCC2. The van der Waals surface area contributed by atoms with Gasteiger partial charge in [0.1, 0.15) is 5.82 Å². The molecule has 2 atom stereocenters. The van der Waals surface area contributed by atoms with Crippen molar-refractivity contribution in [2.24, 2.45) is 0 Å². The summed E-state index contributed by atoms with van der Waals surface area (Å²) < 4.78 is 30.0. The number of nitrogens with zero attached hydrogens (tertiary/aromatic N) is 2. The summed E-state index contributed by atoms with van der Waals surface area (Å²) >= 11 is 0. The van der Waals surface area contributed by atoms with Crippen LogP contribution < -0.4 is 10.0 Å². The predicted molar refractivity (Wildman–Crippen MR) is 78.5 cm³/mol. The van der Waals surface area contributed by atoms with Crippen molar-refractivity contribution < 1.29 is 8.42 Å². The number of hydrogen-bond acceptors (Lipinski definition) is 4. The molecule has 2 unspecified atom stereocenters. The molecule has 1 aromatic heterocycles. The average molecular weight is 310 g/mol. The zero-order chi connectivity index (χ0) is 14.4. The van der Waals surface area contributed by atoms with Gasteiger partial charge in [-0.05, 0) is 38.5 Å². The maximum atomic E-state index is 12.5. The molecule has 4 heterocycles. The largest absolute Gasteiger partial charge is 0.333 e. The number of piperidine rings is 1. The second-order valence-corrected chi connectivity index (χ2v) is 8.23. The fourth-order valence-electron chi connectivity index (χ4n) is 3.95. The Morgan fingerprint density at radius 1 is 1.24 bits per heavy atom. The minimum Gasteiger partial charge on any atom is -0.333 e. The van der Waals surface area contributed by atoms with E-state index < -0.39 is 10.0 Å². The number of sulfonamides is 1. The smallest absolute Gasteiger partial charge is 0.259 e. The molecule has 1 aromatic rings. The van der Waals surface area contributed by atoms with Crippen molar-refractivity contribution >= 4 is 10.0 Å². The third-order valence-corrected chi connectivity index (χ3v) is 6.35. The molecule has 0 saturated carbocycles. The number of nitrogens with one attached hydrogen (secondary N) is 2. The zero-order valence-corrected chi connectivity index (χ0v) is 12.9. The van der Waals surface area contributed by atoms with E-state index in [0.29, 0.717) is 12.1 Å². The molecule has 0 spiro atoms. The molecule has 6 nitrogen and oxygen atoms in total. The summed E-state index contributed by atoms with van der Waals surface area (Å²) in [7, 11) is -3.48. The Labute approximate surface area is 125 Å². The molecule has 21 heavy (non-hydrogen) atoms. The first kappa shape index (κ1) is 13.7. The van der Waals surface area contributed by atoms with Gasteiger partial charge in [-0.1, -0.05) is 0 Å². The quantitative estimate of drug-likeness (QED) is 0.865. The zero-order valence-electron chi connectivity index (χ0n) is 12.1. The van der Waals surface area contributed by atoms with Gasteiger partial charge in [0.15, 0.2) is 5.03 Å². The monoisotopic (exact) mass is 310 g/mol. The first-order valence-electron chi connectivity index (χ1n) is 7.94. The van der Waals surface area contributed by atoms with Gasteiger partial charge in [0.2, 0.25) is 0 Å². The predicted octanol–water partition coefficient (Wildman–Crippen LogP) is 0.781. The van der Waals surface area contributed by atoms with E-state index in [9.17, 15) is 8.42 Å². The lowest BCUT2D eigenvalue weighted by molar-refractivity contribution is 0.345. The number of aryl methyl sites for hydroxylation is 2. The van der Waals surface area contributed by atoms with Crippen molar-refractivity contribution in [3.63, 3.8) is 0 Å². The fourth-order valence-corrected chi connectivity index (χ4v) is 5.19. The summed E-state index contributed by atoms with van der Waals surface area (Å²) in [4.78, 5) is 4.34. The van der Waals surface area contributed by atoms with Gasteiger partial charge >= 0.3 is 0 Å². The Morgan fingerprint density at radius 3 is 2.71 bits per heavy atom. The maximum absolute atomic E-state index is 12.5. The highest BCUT2D eigenvalue weighted by molar-refractivity contribution is 7.89. The fraction of sp³-hybridized carbons (Fsp3) is 0.786. The van der Waals surface area contributed by atoms with Gasteiger partial charge in [-0.25, -0.2) is 18.1 Å². The highest BCUT2D eigenvalue weighted by atomic mass is 32.2. The summed E-state index contributed by atoms with van der Waals surface area (Å²) in [6.45, 7) is 0.884. The Morgan fingerprint density at radius 2 is 2.00 bits per heavy atom. The van der Waals surface area contributed by atoms with E-state index in [2.05, 4.69) is 15.0 Å². The molecular formula is C14H22N4O2S. The van der Waals surface area contributed by atoms with Gasteiger partial charge in [0.25, 0.3) is 10.0 Å². The molecule has 116 valence electrons. The molecular weight excluding hydrogens is 288 g/mol. The highest BCUT2D eigenvalue weighted by Crippen LogP contribution is 2.27. The van der Waals surface area contributed by atoms with Crippen molar-refractivity contribution in [3.8, 4) is 0 Å². The summed E-state index contributed by atoms with van der Waals surface area (Å²) in [5, 5.41) is 3.73. The van der Waals surface area contributed by atoms with Crippen molar-refractivity contribution in [2.45, 2.75) is 74.6 Å². The van der Waals surface area contributed by atoms with Crippen molar-refractivity contribution in [2.75, 3.05) is 0 Å². The molecule has 3 aliphatic rings. The van der Waals surface area contributed by atoms with Crippen molar-refractivity contribution in [3.05, 3.63) is 12.0 Å². The molecule has 2 fully saturated rings. The molecule has 0 amide bonds. The van der Waals surface area contributed by atoms with Gasteiger partial charge in [-0.15, -0.1) is 0 Å². The van der Waals surface area contributed by atoms with E-state index in [1.807, 2.05) is 4.57 Å². The van der Waals surface area contributed by atoms with Crippen LogP contribution in [0, 0.1) is 0 Å². The van der Waals surface area contributed by atoms with Gasteiger partial charge in [-0.2, -0.15) is 0 Å². The molecule has 4 rings (SSSR count). The normalized spacial score (nSPS) is 32.1. The Bertz CT molecular complexity index is 604. The average Bonchev–Trinajstić information content (AvgIpc) is 3.02. The van der Waals surface area contributed by atoms with Gasteiger partial charge in [-0.3, -0.25) is 0 Å². The van der Waals surface area contributed by atoms with E-state index in [-0.39, 0.29) is 11.1 Å². The molecule has 0 aromatic carbocycles. The van der Waals surface area contributed by atoms with Crippen LogP contribution in [-0.4, -0.2) is 36.1 Å². The van der Waals surface area contributed by atoms with Crippen LogP contribution in [0.4, 0.5) is 0 Å². The highest BCUT2D eigenvalue weighted by Gasteiger charge is 2.36. The molecule has 2 N–H and O–H groups in total. The topological polar surface area (TPSA) is 76.0 Å². The molecule has 0 radical (unpaired) electrons. The van der Waals surface area contributed by atoms with E-state index >= 15 is 0 Å². The van der Waals surface area contributed by atoms with Crippen LogP contribution >= 0.6 is 0 Å². The number of aromatic nitrogens is 2. The molecule has 2 bridgehead atoms. The second kappa shape index (κ2) is 5.07. The molecule has 7 heteroatoms. The number of rotatable bonds is 3. The first-order chi connectivity index (χ1) is 10.1. The van der Waals surface area contributed by atoms with Crippen molar-refractivity contribution in [1.29, 1.82) is 0 Å². The van der Waals surface area contributed by atoms with Crippen LogP contribution in [-0.2, 0) is 23.0 Å². The number of imidazole rings is 1. The van der Waals surface area contributed by atoms with E-state index in [1.165, 1.54) is 12.8 Å². The van der Waals surface area contributed by atoms with Crippen LogP contribution in [0.5, 0.6) is 0 Å². The summed E-state index contributed by atoms with van der Waals surface area (Å²) in [6.07, 6.45) is 8.91. The third kappa shape index (κ3) is 2.62. The first-order valence-corrected chi connectivity index (χ1v) is 9.43. The van der Waals surface area contributed by atoms with Gasteiger partial charge < -0.3 is 9.88 Å². The Kier molecular flexibility index (Phi) is 3.31. The number of fused-ring (bicyclic) bond motifs is 3. The summed E-state index contributed by atoms with van der Waals surface area (Å²) in [5.41, 5.74) is 0. The van der Waals surface area contributed by atoms with Crippen LogP contribution in [0.15, 0.2) is 11.2 Å². The van der Waals surface area contributed by atoms with E-state index in [1.54, 1.807) is 6.20 Å².